The molecule has 1 heterocycles. The van der Waals surface area contributed by atoms with E-state index in [1.807, 2.05) is 29.9 Å². The molecule has 0 aliphatic rings. The molecule has 0 fully saturated rings. The molecule has 0 atom stereocenters. The molecule has 0 radical (unpaired) electrons. The first-order valence-corrected chi connectivity index (χ1v) is 5.84. The third-order valence-electron chi connectivity index (χ3n) is 1.96. The third kappa shape index (κ3) is 2.13. The van der Waals surface area contributed by atoms with E-state index in [9.17, 15) is 0 Å². The SMILES string of the molecule is Nc1cc(Br)ccc1Cc1cncs1. The first-order valence-electron chi connectivity index (χ1n) is 4.17. The van der Waals surface area contributed by atoms with Crippen LogP contribution in [0.25, 0.3) is 0 Å². The van der Waals surface area contributed by atoms with Crippen molar-refractivity contribution in [2.45, 2.75) is 6.42 Å². The Bertz CT molecular complexity index is 426. The Kier molecular flexibility index (Phi) is 2.84. The van der Waals surface area contributed by atoms with Gasteiger partial charge in [0.05, 0.1) is 5.51 Å². The van der Waals surface area contributed by atoms with Gasteiger partial charge in [0.15, 0.2) is 0 Å². The van der Waals surface area contributed by atoms with Gasteiger partial charge < -0.3 is 5.73 Å². The van der Waals surface area contributed by atoms with E-state index in [2.05, 4.69) is 20.9 Å². The van der Waals surface area contributed by atoms with Crippen LogP contribution in [0, 0.1) is 0 Å². The summed E-state index contributed by atoms with van der Waals surface area (Å²) in [6, 6.07) is 5.97. The molecule has 0 amide bonds. The third-order valence-corrected chi connectivity index (χ3v) is 3.23. The van der Waals surface area contributed by atoms with Crippen LogP contribution < -0.4 is 5.73 Å². The quantitative estimate of drug-likeness (QED) is 0.851. The van der Waals surface area contributed by atoms with Crippen LogP contribution in [0.3, 0.4) is 0 Å². The number of benzene rings is 1. The number of nitrogen functional groups attached to an aromatic ring is 1. The Morgan fingerprint density at radius 1 is 1.43 bits per heavy atom. The minimum atomic E-state index is 0.827. The number of hydrogen-bond donors (Lipinski definition) is 1. The Morgan fingerprint density at radius 3 is 2.93 bits per heavy atom. The fraction of sp³-hybridized carbons (Fsp3) is 0.100. The highest BCUT2D eigenvalue weighted by atomic mass is 79.9. The van der Waals surface area contributed by atoms with E-state index in [0.29, 0.717) is 0 Å². The zero-order valence-corrected chi connectivity index (χ0v) is 9.81. The van der Waals surface area contributed by atoms with Crippen molar-refractivity contribution in [3.63, 3.8) is 0 Å². The van der Waals surface area contributed by atoms with Crippen LogP contribution in [0.2, 0.25) is 0 Å². The van der Waals surface area contributed by atoms with Crippen LogP contribution in [0.1, 0.15) is 10.4 Å². The first kappa shape index (κ1) is 9.68. The molecule has 0 saturated carbocycles. The molecule has 0 aliphatic heterocycles. The van der Waals surface area contributed by atoms with Gasteiger partial charge in [0.1, 0.15) is 0 Å². The molecule has 0 spiro atoms. The second kappa shape index (κ2) is 4.11. The fourth-order valence-electron chi connectivity index (χ4n) is 1.24. The normalized spacial score (nSPS) is 10.4. The minimum absolute atomic E-state index is 0.827. The van der Waals surface area contributed by atoms with Crippen LogP contribution in [0.15, 0.2) is 34.4 Å². The highest BCUT2D eigenvalue weighted by Crippen LogP contribution is 2.22. The molecule has 2 aromatic rings. The highest BCUT2D eigenvalue weighted by molar-refractivity contribution is 9.10. The van der Waals surface area contributed by atoms with Crippen LogP contribution >= 0.6 is 27.3 Å². The van der Waals surface area contributed by atoms with Crippen molar-refractivity contribution in [2.75, 3.05) is 5.73 Å². The van der Waals surface area contributed by atoms with E-state index in [1.165, 1.54) is 4.88 Å². The van der Waals surface area contributed by atoms with Crippen molar-refractivity contribution in [2.24, 2.45) is 0 Å². The van der Waals surface area contributed by atoms with E-state index >= 15 is 0 Å². The summed E-state index contributed by atoms with van der Waals surface area (Å²) in [7, 11) is 0. The zero-order valence-electron chi connectivity index (χ0n) is 7.40. The van der Waals surface area contributed by atoms with Crippen molar-refractivity contribution in [1.82, 2.24) is 4.98 Å². The van der Waals surface area contributed by atoms with Crippen molar-refractivity contribution < 1.29 is 0 Å². The topological polar surface area (TPSA) is 38.9 Å². The summed E-state index contributed by atoms with van der Waals surface area (Å²) in [5.41, 5.74) is 9.71. The molecule has 1 aromatic carbocycles. The van der Waals surface area contributed by atoms with Gasteiger partial charge >= 0.3 is 0 Å². The lowest BCUT2D eigenvalue weighted by atomic mass is 10.1. The average Bonchev–Trinajstić information content (AvgIpc) is 2.62. The number of thiazole rings is 1. The van der Waals surface area contributed by atoms with Gasteiger partial charge in [0.25, 0.3) is 0 Å². The largest absolute Gasteiger partial charge is 0.398 e. The molecule has 0 unspecified atom stereocenters. The Balaban J connectivity index is 2.25. The van der Waals surface area contributed by atoms with E-state index in [-0.39, 0.29) is 0 Å². The lowest BCUT2D eigenvalue weighted by Crippen LogP contribution is -1.94. The Morgan fingerprint density at radius 2 is 2.29 bits per heavy atom. The maximum atomic E-state index is 5.89. The minimum Gasteiger partial charge on any atom is -0.398 e. The number of nitrogens with two attached hydrogens (primary N) is 1. The van der Waals surface area contributed by atoms with E-state index in [4.69, 9.17) is 5.73 Å². The second-order valence-electron chi connectivity index (χ2n) is 2.99. The van der Waals surface area contributed by atoms with Crippen molar-refractivity contribution in [3.8, 4) is 0 Å². The fourth-order valence-corrected chi connectivity index (χ4v) is 2.24. The number of rotatable bonds is 2. The zero-order chi connectivity index (χ0) is 9.97. The second-order valence-corrected chi connectivity index (χ2v) is 4.87. The van der Waals surface area contributed by atoms with Crippen LogP contribution in [-0.4, -0.2) is 4.98 Å². The molecular weight excluding hydrogens is 260 g/mol. The predicted octanol–water partition coefficient (Wildman–Crippen LogP) is 3.08. The summed E-state index contributed by atoms with van der Waals surface area (Å²) in [6.45, 7) is 0. The monoisotopic (exact) mass is 268 g/mol. The van der Waals surface area contributed by atoms with Crippen LogP contribution in [-0.2, 0) is 6.42 Å². The maximum Gasteiger partial charge on any atom is 0.0794 e. The molecule has 2 rings (SSSR count). The van der Waals surface area contributed by atoms with Crippen LogP contribution in [0.5, 0.6) is 0 Å². The van der Waals surface area contributed by atoms with Gasteiger partial charge in [-0.05, 0) is 17.7 Å². The number of nitrogens with zero attached hydrogens (tertiary/aromatic N) is 1. The smallest absolute Gasteiger partial charge is 0.0794 e. The Labute approximate surface area is 94.9 Å². The van der Waals surface area contributed by atoms with E-state index in [1.54, 1.807) is 11.3 Å². The lowest BCUT2D eigenvalue weighted by molar-refractivity contribution is 1.22. The number of hydrogen-bond acceptors (Lipinski definition) is 3. The predicted molar refractivity (Wildman–Crippen MR) is 63.5 cm³/mol. The van der Waals surface area contributed by atoms with Crippen LogP contribution in [0.4, 0.5) is 5.69 Å². The molecule has 72 valence electrons. The van der Waals surface area contributed by atoms with Crippen molar-refractivity contribution >= 4 is 33.0 Å². The van der Waals surface area contributed by atoms with Crippen molar-refractivity contribution in [3.05, 3.63) is 44.8 Å². The van der Waals surface area contributed by atoms with Crippen molar-refractivity contribution in [1.29, 1.82) is 0 Å². The molecular formula is C10H9BrN2S. The highest BCUT2D eigenvalue weighted by Gasteiger charge is 2.02. The van der Waals surface area contributed by atoms with E-state index < -0.39 is 0 Å². The number of halogens is 1. The molecule has 14 heavy (non-hydrogen) atoms. The summed E-state index contributed by atoms with van der Waals surface area (Å²) < 4.78 is 1.02. The van der Waals surface area contributed by atoms with Gasteiger partial charge in [0.2, 0.25) is 0 Å². The number of aromatic nitrogens is 1. The summed E-state index contributed by atoms with van der Waals surface area (Å²) >= 11 is 5.04. The standard InChI is InChI=1S/C10H9BrN2S/c11-8-2-1-7(10(12)4-8)3-9-5-13-6-14-9/h1-2,4-6H,3,12H2. The summed E-state index contributed by atoms with van der Waals surface area (Å²) in [6.07, 6.45) is 2.75. The van der Waals surface area contributed by atoms with Gasteiger partial charge in [-0.1, -0.05) is 22.0 Å². The lowest BCUT2D eigenvalue weighted by Gasteiger charge is -2.03. The average molecular weight is 269 g/mol. The molecule has 0 aliphatic carbocycles. The Hall–Kier alpha value is -0.870. The number of anilines is 1. The maximum absolute atomic E-state index is 5.89. The molecule has 2 N–H and O–H groups in total. The summed E-state index contributed by atoms with van der Waals surface area (Å²) in [4.78, 5) is 5.27. The molecule has 2 nitrogen and oxygen atoms in total. The van der Waals surface area contributed by atoms with Gasteiger partial charge in [-0.2, -0.15) is 0 Å². The molecule has 0 bridgehead atoms. The summed E-state index contributed by atoms with van der Waals surface area (Å²) in [5, 5.41) is 0. The molecule has 1 aromatic heterocycles. The molecule has 0 saturated heterocycles. The van der Waals surface area contributed by atoms with Gasteiger partial charge in [-0.3, -0.25) is 4.98 Å². The van der Waals surface area contributed by atoms with Gasteiger partial charge in [-0.15, -0.1) is 11.3 Å². The van der Waals surface area contributed by atoms with E-state index in [0.717, 1.165) is 22.1 Å². The molecule has 4 heteroatoms. The first-order chi connectivity index (χ1) is 6.75. The van der Waals surface area contributed by atoms with Gasteiger partial charge in [-0.25, -0.2) is 0 Å². The van der Waals surface area contributed by atoms with Gasteiger partial charge in [0, 0.05) is 27.7 Å². The summed E-state index contributed by atoms with van der Waals surface area (Å²) in [5.74, 6) is 0.